The van der Waals surface area contributed by atoms with Crippen LogP contribution in [0.15, 0.2) is 42.6 Å². The third-order valence-corrected chi connectivity index (χ3v) is 3.87. The molecule has 0 spiro atoms. The molecule has 0 saturated heterocycles. The van der Waals surface area contributed by atoms with Gasteiger partial charge < -0.3 is 15.4 Å². The molecule has 1 amide bonds. The number of benzene rings is 1. The van der Waals surface area contributed by atoms with Crippen molar-refractivity contribution in [1.82, 2.24) is 4.98 Å². The molecule has 3 rings (SSSR count). The van der Waals surface area contributed by atoms with Gasteiger partial charge in [-0.25, -0.2) is 9.78 Å². The lowest BCUT2D eigenvalue weighted by atomic mass is 10.2. The number of carbonyl (C=O) groups excluding carboxylic acids is 2. The first-order chi connectivity index (χ1) is 12.0. The standard InChI is InChI=1S/C19H21N3O3/c1-12-4-3-5-16(10-12)22-18(23)13(2)25-19(24)14-6-9-17(20-11-14)21-15-7-8-15/h3-6,9-11,13,15H,7-8H2,1-2H3,(H,20,21)(H,22,23). The second-order valence-electron chi connectivity index (χ2n) is 6.26. The molecule has 0 radical (unpaired) electrons. The first kappa shape index (κ1) is 17.0. The van der Waals surface area contributed by atoms with Gasteiger partial charge in [0.25, 0.3) is 5.91 Å². The molecule has 1 aromatic heterocycles. The van der Waals surface area contributed by atoms with Crippen molar-refractivity contribution < 1.29 is 14.3 Å². The molecule has 6 heteroatoms. The van der Waals surface area contributed by atoms with Crippen molar-refractivity contribution in [3.05, 3.63) is 53.7 Å². The Morgan fingerprint density at radius 3 is 2.68 bits per heavy atom. The first-order valence-electron chi connectivity index (χ1n) is 8.32. The minimum absolute atomic E-state index is 0.316. The number of carbonyl (C=O) groups is 2. The topological polar surface area (TPSA) is 80.3 Å². The van der Waals surface area contributed by atoms with Gasteiger partial charge in [-0.05, 0) is 56.5 Å². The van der Waals surface area contributed by atoms with Crippen molar-refractivity contribution in [2.75, 3.05) is 10.6 Å². The van der Waals surface area contributed by atoms with E-state index in [-0.39, 0.29) is 5.91 Å². The molecule has 1 aliphatic rings. The number of aromatic nitrogens is 1. The van der Waals surface area contributed by atoms with Crippen LogP contribution in [0.2, 0.25) is 0 Å². The highest BCUT2D eigenvalue weighted by Gasteiger charge is 2.22. The molecule has 1 fully saturated rings. The van der Waals surface area contributed by atoms with Crippen LogP contribution in [0.1, 0.15) is 35.7 Å². The Bertz CT molecular complexity index is 770. The highest BCUT2D eigenvalue weighted by molar-refractivity contribution is 5.97. The maximum absolute atomic E-state index is 12.2. The normalized spacial score (nSPS) is 14.5. The molecule has 2 N–H and O–H groups in total. The summed E-state index contributed by atoms with van der Waals surface area (Å²) in [5, 5.41) is 5.98. The summed E-state index contributed by atoms with van der Waals surface area (Å²) in [6.07, 6.45) is 2.85. The van der Waals surface area contributed by atoms with E-state index in [9.17, 15) is 9.59 Å². The number of ether oxygens (including phenoxy) is 1. The molecule has 25 heavy (non-hydrogen) atoms. The zero-order valence-corrected chi connectivity index (χ0v) is 14.3. The molecule has 1 heterocycles. The second kappa shape index (κ2) is 7.34. The van der Waals surface area contributed by atoms with Crippen LogP contribution in [0.3, 0.4) is 0 Å². The predicted molar refractivity (Wildman–Crippen MR) is 95.6 cm³/mol. The van der Waals surface area contributed by atoms with Gasteiger partial charge in [-0.15, -0.1) is 0 Å². The fourth-order valence-electron chi connectivity index (χ4n) is 2.29. The Hall–Kier alpha value is -2.89. The summed E-state index contributed by atoms with van der Waals surface area (Å²) in [6.45, 7) is 3.48. The smallest absolute Gasteiger partial charge is 0.340 e. The van der Waals surface area contributed by atoms with E-state index in [4.69, 9.17) is 4.74 Å². The number of rotatable bonds is 6. The zero-order valence-electron chi connectivity index (χ0n) is 14.3. The number of nitrogens with zero attached hydrogens (tertiary/aromatic N) is 1. The average molecular weight is 339 g/mol. The van der Waals surface area contributed by atoms with Crippen molar-refractivity contribution in [3.63, 3.8) is 0 Å². The van der Waals surface area contributed by atoms with Gasteiger partial charge in [0.15, 0.2) is 6.10 Å². The van der Waals surface area contributed by atoms with Crippen LogP contribution < -0.4 is 10.6 Å². The number of pyridine rings is 1. The lowest BCUT2D eigenvalue weighted by Crippen LogP contribution is -2.30. The van der Waals surface area contributed by atoms with Crippen LogP contribution in [0.4, 0.5) is 11.5 Å². The third kappa shape index (κ3) is 4.79. The minimum atomic E-state index is -0.905. The molecule has 130 valence electrons. The molecule has 1 atom stereocenters. The summed E-state index contributed by atoms with van der Waals surface area (Å²) in [7, 11) is 0. The molecule has 2 aromatic rings. The van der Waals surface area contributed by atoms with E-state index < -0.39 is 12.1 Å². The Kier molecular flexibility index (Phi) is 4.97. The van der Waals surface area contributed by atoms with Crippen LogP contribution >= 0.6 is 0 Å². The number of amides is 1. The second-order valence-corrected chi connectivity index (χ2v) is 6.26. The average Bonchev–Trinajstić information content (AvgIpc) is 3.39. The predicted octanol–water partition coefficient (Wildman–Crippen LogP) is 3.15. The summed E-state index contributed by atoms with van der Waals surface area (Å²) >= 11 is 0. The van der Waals surface area contributed by atoms with Gasteiger partial charge in [0.1, 0.15) is 5.82 Å². The Balaban J connectivity index is 1.54. The van der Waals surface area contributed by atoms with Crippen molar-refractivity contribution >= 4 is 23.4 Å². The van der Waals surface area contributed by atoms with E-state index in [0.717, 1.165) is 24.2 Å². The lowest BCUT2D eigenvalue weighted by Gasteiger charge is -2.14. The van der Waals surface area contributed by atoms with Gasteiger partial charge in [-0.2, -0.15) is 0 Å². The van der Waals surface area contributed by atoms with E-state index in [0.29, 0.717) is 17.3 Å². The van der Waals surface area contributed by atoms with Crippen LogP contribution in [0.25, 0.3) is 0 Å². The Morgan fingerprint density at radius 2 is 2.04 bits per heavy atom. The number of anilines is 2. The van der Waals surface area contributed by atoms with E-state index in [1.807, 2.05) is 25.1 Å². The van der Waals surface area contributed by atoms with E-state index in [2.05, 4.69) is 15.6 Å². The molecule has 1 unspecified atom stereocenters. The van der Waals surface area contributed by atoms with E-state index >= 15 is 0 Å². The van der Waals surface area contributed by atoms with Crippen LogP contribution in [-0.2, 0) is 9.53 Å². The quantitative estimate of drug-likeness (QED) is 0.790. The number of hydrogen-bond acceptors (Lipinski definition) is 5. The van der Waals surface area contributed by atoms with Gasteiger partial charge >= 0.3 is 5.97 Å². The van der Waals surface area contributed by atoms with Gasteiger partial charge in [-0.3, -0.25) is 4.79 Å². The Labute approximate surface area is 146 Å². The molecule has 1 saturated carbocycles. The van der Waals surface area contributed by atoms with E-state index in [1.54, 1.807) is 25.1 Å². The summed E-state index contributed by atoms with van der Waals surface area (Å²) in [5.74, 6) is -0.208. The number of hydrogen-bond donors (Lipinski definition) is 2. The largest absolute Gasteiger partial charge is 0.449 e. The van der Waals surface area contributed by atoms with Crippen LogP contribution in [0, 0.1) is 6.92 Å². The molecule has 0 aliphatic heterocycles. The highest BCUT2D eigenvalue weighted by Crippen LogP contribution is 2.23. The number of nitrogens with one attached hydrogen (secondary N) is 2. The van der Waals surface area contributed by atoms with Crippen LogP contribution in [-0.4, -0.2) is 29.0 Å². The number of aryl methyl sites for hydroxylation is 1. The summed E-state index contributed by atoms with van der Waals surface area (Å²) < 4.78 is 5.22. The monoisotopic (exact) mass is 339 g/mol. The summed E-state index contributed by atoms with van der Waals surface area (Å²) in [5.41, 5.74) is 2.02. The van der Waals surface area contributed by atoms with Crippen LogP contribution in [0.5, 0.6) is 0 Å². The fraction of sp³-hybridized carbons (Fsp3) is 0.316. The van der Waals surface area contributed by atoms with E-state index in [1.165, 1.54) is 6.20 Å². The maximum Gasteiger partial charge on any atom is 0.340 e. The van der Waals surface area contributed by atoms with Crippen molar-refractivity contribution in [2.45, 2.75) is 38.8 Å². The summed E-state index contributed by atoms with van der Waals surface area (Å²) in [6, 6.07) is 11.3. The zero-order chi connectivity index (χ0) is 17.8. The lowest BCUT2D eigenvalue weighted by molar-refractivity contribution is -0.123. The molecule has 1 aromatic carbocycles. The SMILES string of the molecule is Cc1cccc(NC(=O)C(C)OC(=O)c2ccc(NC3CC3)nc2)c1. The molecular formula is C19H21N3O3. The maximum atomic E-state index is 12.2. The van der Waals surface area contributed by atoms with Gasteiger partial charge in [0.2, 0.25) is 0 Å². The minimum Gasteiger partial charge on any atom is -0.449 e. The third-order valence-electron chi connectivity index (χ3n) is 3.87. The number of esters is 1. The fourth-order valence-corrected chi connectivity index (χ4v) is 2.29. The van der Waals surface area contributed by atoms with Gasteiger partial charge in [0.05, 0.1) is 5.56 Å². The molecule has 0 bridgehead atoms. The molecule has 6 nitrogen and oxygen atoms in total. The molecular weight excluding hydrogens is 318 g/mol. The highest BCUT2D eigenvalue weighted by atomic mass is 16.5. The van der Waals surface area contributed by atoms with Gasteiger partial charge in [0, 0.05) is 17.9 Å². The van der Waals surface area contributed by atoms with Gasteiger partial charge in [-0.1, -0.05) is 12.1 Å². The Morgan fingerprint density at radius 1 is 1.24 bits per heavy atom. The van der Waals surface area contributed by atoms with Crippen molar-refractivity contribution in [2.24, 2.45) is 0 Å². The van der Waals surface area contributed by atoms with Crippen molar-refractivity contribution in [1.29, 1.82) is 0 Å². The van der Waals surface area contributed by atoms with Crippen molar-refractivity contribution in [3.8, 4) is 0 Å². The summed E-state index contributed by atoms with van der Waals surface area (Å²) in [4.78, 5) is 28.5. The molecule has 1 aliphatic carbocycles. The first-order valence-corrected chi connectivity index (χ1v) is 8.32.